The number of anilines is 1. The van der Waals surface area contributed by atoms with Crippen molar-refractivity contribution in [2.45, 2.75) is 44.9 Å². The van der Waals surface area contributed by atoms with Gasteiger partial charge in [-0.05, 0) is 25.8 Å². The number of hydrogen-bond donors (Lipinski definition) is 1. The van der Waals surface area contributed by atoms with E-state index in [4.69, 9.17) is 21.8 Å². The maximum Gasteiger partial charge on any atom is 0.198 e. The lowest BCUT2D eigenvalue weighted by Crippen LogP contribution is -2.04. The molecule has 1 saturated carbocycles. The summed E-state index contributed by atoms with van der Waals surface area (Å²) < 4.78 is 5.88. The van der Waals surface area contributed by atoms with E-state index in [1.807, 2.05) is 6.92 Å². The van der Waals surface area contributed by atoms with Crippen LogP contribution in [0, 0.1) is 6.92 Å². The summed E-state index contributed by atoms with van der Waals surface area (Å²) in [5.41, 5.74) is 9.05. The quantitative estimate of drug-likeness (QED) is 0.776. The lowest BCUT2D eigenvalue weighted by Gasteiger charge is -2.17. The van der Waals surface area contributed by atoms with Gasteiger partial charge >= 0.3 is 0 Å². The molecule has 1 heterocycles. The largest absolute Gasteiger partial charge is 0.439 e. The third-order valence-corrected chi connectivity index (χ3v) is 4.17. The number of nitrogens with two attached hydrogens (primary N) is 1. The SMILES string of the molecule is Cc1c(N)cc(Cl)c2oc(C3CCCCC3)nc12. The number of halogens is 1. The fourth-order valence-corrected chi connectivity index (χ4v) is 2.97. The van der Waals surface area contributed by atoms with Crippen molar-refractivity contribution < 1.29 is 4.42 Å². The van der Waals surface area contributed by atoms with Crippen molar-refractivity contribution in [2.75, 3.05) is 5.73 Å². The maximum absolute atomic E-state index is 6.17. The van der Waals surface area contributed by atoms with Crippen molar-refractivity contribution in [3.8, 4) is 0 Å². The summed E-state index contributed by atoms with van der Waals surface area (Å²) in [7, 11) is 0. The summed E-state index contributed by atoms with van der Waals surface area (Å²) in [5.74, 6) is 1.28. The molecule has 3 rings (SSSR count). The highest BCUT2D eigenvalue weighted by Crippen LogP contribution is 2.37. The van der Waals surface area contributed by atoms with E-state index < -0.39 is 0 Å². The molecule has 1 aliphatic rings. The van der Waals surface area contributed by atoms with Gasteiger partial charge in [-0.2, -0.15) is 0 Å². The summed E-state index contributed by atoms with van der Waals surface area (Å²) in [6, 6.07) is 1.75. The molecule has 2 N–H and O–H groups in total. The van der Waals surface area contributed by atoms with Gasteiger partial charge < -0.3 is 10.2 Å². The molecular formula is C14H17ClN2O. The van der Waals surface area contributed by atoms with Crippen LogP contribution in [-0.2, 0) is 0 Å². The van der Waals surface area contributed by atoms with Gasteiger partial charge in [-0.3, -0.25) is 0 Å². The Morgan fingerprint density at radius 3 is 2.78 bits per heavy atom. The molecule has 0 atom stereocenters. The van der Waals surface area contributed by atoms with Crippen molar-refractivity contribution in [1.29, 1.82) is 0 Å². The Balaban J connectivity index is 2.10. The minimum atomic E-state index is 0.447. The van der Waals surface area contributed by atoms with Crippen LogP contribution < -0.4 is 5.73 Å². The van der Waals surface area contributed by atoms with E-state index in [0.29, 0.717) is 22.2 Å². The zero-order valence-electron chi connectivity index (χ0n) is 10.5. The minimum Gasteiger partial charge on any atom is -0.439 e. The minimum absolute atomic E-state index is 0.447. The highest BCUT2D eigenvalue weighted by molar-refractivity contribution is 6.35. The number of hydrogen-bond acceptors (Lipinski definition) is 3. The second-order valence-corrected chi connectivity index (χ2v) is 5.54. The number of aryl methyl sites for hydroxylation is 1. The second-order valence-electron chi connectivity index (χ2n) is 5.14. The molecular weight excluding hydrogens is 248 g/mol. The molecule has 0 bridgehead atoms. The van der Waals surface area contributed by atoms with E-state index in [0.717, 1.165) is 17.0 Å². The highest BCUT2D eigenvalue weighted by atomic mass is 35.5. The molecule has 96 valence electrons. The van der Waals surface area contributed by atoms with Gasteiger partial charge in [0, 0.05) is 17.2 Å². The molecule has 0 amide bonds. The number of nitrogen functional groups attached to an aromatic ring is 1. The summed E-state index contributed by atoms with van der Waals surface area (Å²) in [5, 5.41) is 0.558. The first-order valence-electron chi connectivity index (χ1n) is 6.52. The van der Waals surface area contributed by atoms with Gasteiger partial charge in [0.25, 0.3) is 0 Å². The monoisotopic (exact) mass is 264 g/mol. The molecule has 1 fully saturated rings. The molecule has 3 nitrogen and oxygen atoms in total. The average Bonchev–Trinajstić information content (AvgIpc) is 2.83. The molecule has 2 aromatic rings. The van der Waals surface area contributed by atoms with Crippen molar-refractivity contribution in [3.63, 3.8) is 0 Å². The molecule has 4 heteroatoms. The summed E-state index contributed by atoms with van der Waals surface area (Å²) in [6.07, 6.45) is 6.18. The molecule has 0 spiro atoms. The summed E-state index contributed by atoms with van der Waals surface area (Å²) in [4.78, 5) is 4.63. The number of benzene rings is 1. The zero-order chi connectivity index (χ0) is 12.7. The van der Waals surface area contributed by atoms with Crippen molar-refractivity contribution in [2.24, 2.45) is 0 Å². The van der Waals surface area contributed by atoms with Gasteiger partial charge in [-0.15, -0.1) is 0 Å². The molecule has 0 saturated heterocycles. The molecule has 18 heavy (non-hydrogen) atoms. The number of rotatable bonds is 1. The topological polar surface area (TPSA) is 52.0 Å². The average molecular weight is 265 g/mol. The maximum atomic E-state index is 6.17. The number of fused-ring (bicyclic) bond motifs is 1. The molecule has 0 unspecified atom stereocenters. The van der Waals surface area contributed by atoms with Crippen LogP contribution in [0.15, 0.2) is 10.5 Å². The van der Waals surface area contributed by atoms with E-state index in [2.05, 4.69) is 4.98 Å². The van der Waals surface area contributed by atoms with Crippen LogP contribution in [-0.4, -0.2) is 4.98 Å². The van der Waals surface area contributed by atoms with Crippen LogP contribution in [0.5, 0.6) is 0 Å². The fraction of sp³-hybridized carbons (Fsp3) is 0.500. The Morgan fingerprint density at radius 1 is 1.33 bits per heavy atom. The van der Waals surface area contributed by atoms with Crippen LogP contribution >= 0.6 is 11.6 Å². The first-order valence-corrected chi connectivity index (χ1v) is 6.89. The van der Waals surface area contributed by atoms with E-state index in [1.54, 1.807) is 6.07 Å². The van der Waals surface area contributed by atoms with Crippen molar-refractivity contribution >= 4 is 28.4 Å². The third kappa shape index (κ3) is 1.87. The molecule has 0 radical (unpaired) electrons. The van der Waals surface area contributed by atoms with Crippen LogP contribution in [0.25, 0.3) is 11.1 Å². The summed E-state index contributed by atoms with van der Waals surface area (Å²) >= 11 is 6.17. The zero-order valence-corrected chi connectivity index (χ0v) is 11.3. The summed E-state index contributed by atoms with van der Waals surface area (Å²) in [6.45, 7) is 1.96. The van der Waals surface area contributed by atoms with E-state index in [9.17, 15) is 0 Å². The third-order valence-electron chi connectivity index (χ3n) is 3.89. The first-order chi connectivity index (χ1) is 8.66. The van der Waals surface area contributed by atoms with Crippen molar-refractivity contribution in [1.82, 2.24) is 4.98 Å². The number of oxazole rings is 1. The second kappa shape index (κ2) is 4.47. The van der Waals surface area contributed by atoms with Crippen LogP contribution in [0.2, 0.25) is 5.02 Å². The lowest BCUT2D eigenvalue weighted by molar-refractivity contribution is 0.373. The highest BCUT2D eigenvalue weighted by Gasteiger charge is 2.22. The standard InChI is InChI=1S/C14H17ClN2O/c1-8-11(16)7-10(15)13-12(8)17-14(18-13)9-5-3-2-4-6-9/h7,9H,2-6,16H2,1H3. The molecule has 1 aromatic carbocycles. The smallest absolute Gasteiger partial charge is 0.198 e. The Hall–Kier alpha value is -1.22. The Bertz CT molecular complexity index is 585. The normalized spacial score (nSPS) is 17.4. The van der Waals surface area contributed by atoms with E-state index in [1.165, 1.54) is 32.1 Å². The Labute approximate surface area is 111 Å². The Kier molecular flexibility index (Phi) is 2.94. The lowest BCUT2D eigenvalue weighted by atomic mass is 9.89. The molecule has 0 aliphatic heterocycles. The van der Waals surface area contributed by atoms with Gasteiger partial charge in [-0.1, -0.05) is 30.9 Å². The number of aromatic nitrogens is 1. The van der Waals surface area contributed by atoms with Crippen LogP contribution in [0.1, 0.15) is 49.5 Å². The molecule has 1 aromatic heterocycles. The molecule has 1 aliphatic carbocycles. The van der Waals surface area contributed by atoms with Gasteiger partial charge in [0.1, 0.15) is 5.52 Å². The van der Waals surface area contributed by atoms with Gasteiger partial charge in [0.05, 0.1) is 5.02 Å². The van der Waals surface area contributed by atoms with Crippen molar-refractivity contribution in [3.05, 3.63) is 22.5 Å². The fourth-order valence-electron chi connectivity index (χ4n) is 2.72. The van der Waals surface area contributed by atoms with E-state index in [-0.39, 0.29) is 0 Å². The predicted molar refractivity (Wildman–Crippen MR) is 74.0 cm³/mol. The number of nitrogens with zero attached hydrogens (tertiary/aromatic N) is 1. The van der Waals surface area contributed by atoms with Crippen LogP contribution in [0.4, 0.5) is 5.69 Å². The van der Waals surface area contributed by atoms with E-state index >= 15 is 0 Å². The van der Waals surface area contributed by atoms with Gasteiger partial charge in [0.15, 0.2) is 11.5 Å². The van der Waals surface area contributed by atoms with Gasteiger partial charge in [-0.25, -0.2) is 4.98 Å². The predicted octanol–water partition coefficient (Wildman–Crippen LogP) is 4.42. The van der Waals surface area contributed by atoms with Crippen LogP contribution in [0.3, 0.4) is 0 Å². The van der Waals surface area contributed by atoms with Gasteiger partial charge in [0.2, 0.25) is 0 Å². The Morgan fingerprint density at radius 2 is 2.06 bits per heavy atom. The first kappa shape index (κ1) is 11.8.